The number of ether oxygens (including phenoxy) is 2. The number of hydrogen-bond acceptors (Lipinski definition) is 8. The van der Waals surface area contributed by atoms with Gasteiger partial charge in [0.15, 0.2) is 0 Å². The standard InChI is InChI=1S/C22H22BrN5O3S/c1-4-31-20(29)18-13(2)25-21-26-22(32-12-14-6-5-9-24-11-14)27-28(21)19(18)15-7-8-17(30-3)16(23)10-15/h5-11,19H,4,12H2,1-3H3,(H,25,26,27). The number of carbonyl (C=O) groups excluding carboxylic acids is 1. The summed E-state index contributed by atoms with van der Waals surface area (Å²) in [5.41, 5.74) is 3.11. The molecule has 0 radical (unpaired) electrons. The van der Waals surface area contributed by atoms with E-state index in [2.05, 4.69) is 31.2 Å². The molecule has 166 valence electrons. The highest BCUT2D eigenvalue weighted by molar-refractivity contribution is 9.10. The molecule has 1 aromatic carbocycles. The van der Waals surface area contributed by atoms with Crippen molar-refractivity contribution in [2.45, 2.75) is 30.8 Å². The fraction of sp³-hybridized carbons (Fsp3) is 0.273. The SMILES string of the molecule is CCOC(=O)C1=C(C)Nc2nc(SCc3cccnc3)nn2C1c1ccc(OC)c(Br)c1. The molecule has 0 bridgehead atoms. The predicted molar refractivity (Wildman–Crippen MR) is 126 cm³/mol. The summed E-state index contributed by atoms with van der Waals surface area (Å²) in [4.78, 5) is 21.7. The summed E-state index contributed by atoms with van der Waals surface area (Å²) < 4.78 is 13.2. The third-order valence-corrected chi connectivity index (χ3v) is 6.44. The molecule has 32 heavy (non-hydrogen) atoms. The summed E-state index contributed by atoms with van der Waals surface area (Å²) in [5, 5.41) is 8.53. The number of rotatable bonds is 7. The number of nitrogens with zero attached hydrogens (tertiary/aromatic N) is 4. The van der Waals surface area contributed by atoms with Gasteiger partial charge in [0, 0.05) is 23.8 Å². The number of hydrogen-bond donors (Lipinski definition) is 1. The summed E-state index contributed by atoms with van der Waals surface area (Å²) in [6, 6.07) is 9.12. The number of allylic oxidation sites excluding steroid dienone is 1. The number of fused-ring (bicyclic) bond motifs is 1. The highest BCUT2D eigenvalue weighted by atomic mass is 79.9. The molecule has 2 aromatic heterocycles. The van der Waals surface area contributed by atoms with Gasteiger partial charge in [-0.25, -0.2) is 9.48 Å². The number of benzene rings is 1. The molecule has 3 heterocycles. The molecular weight excluding hydrogens is 494 g/mol. The average Bonchev–Trinajstić information content (AvgIpc) is 3.20. The van der Waals surface area contributed by atoms with Gasteiger partial charge >= 0.3 is 5.97 Å². The molecule has 4 rings (SSSR count). The van der Waals surface area contributed by atoms with Gasteiger partial charge in [0.05, 0.1) is 23.8 Å². The lowest BCUT2D eigenvalue weighted by atomic mass is 9.96. The van der Waals surface area contributed by atoms with E-state index < -0.39 is 6.04 Å². The fourth-order valence-corrected chi connectivity index (χ4v) is 4.78. The molecule has 10 heteroatoms. The van der Waals surface area contributed by atoms with Crippen LogP contribution in [0.15, 0.2) is 63.6 Å². The van der Waals surface area contributed by atoms with Gasteiger partial charge in [0.2, 0.25) is 11.1 Å². The van der Waals surface area contributed by atoms with Gasteiger partial charge in [-0.05, 0) is 59.1 Å². The molecule has 0 saturated heterocycles. The van der Waals surface area contributed by atoms with E-state index in [1.807, 2.05) is 43.5 Å². The zero-order valence-corrected chi connectivity index (χ0v) is 20.2. The summed E-state index contributed by atoms with van der Waals surface area (Å²) >= 11 is 5.05. The number of aromatic nitrogens is 4. The maximum atomic E-state index is 12.9. The van der Waals surface area contributed by atoms with E-state index in [4.69, 9.17) is 14.6 Å². The van der Waals surface area contributed by atoms with Crippen LogP contribution >= 0.6 is 27.7 Å². The number of methoxy groups -OCH3 is 1. The van der Waals surface area contributed by atoms with Crippen molar-refractivity contribution in [3.8, 4) is 5.75 Å². The molecule has 0 aliphatic carbocycles. The zero-order chi connectivity index (χ0) is 22.7. The molecule has 1 aliphatic heterocycles. The number of nitrogens with one attached hydrogen (secondary N) is 1. The fourth-order valence-electron chi connectivity index (χ4n) is 3.46. The van der Waals surface area contributed by atoms with E-state index in [-0.39, 0.29) is 12.6 Å². The van der Waals surface area contributed by atoms with Crippen molar-refractivity contribution < 1.29 is 14.3 Å². The Morgan fingerprint density at radius 1 is 1.34 bits per heavy atom. The first-order valence-electron chi connectivity index (χ1n) is 9.98. The van der Waals surface area contributed by atoms with Crippen LogP contribution < -0.4 is 10.1 Å². The number of carbonyl (C=O) groups is 1. The number of halogens is 1. The van der Waals surface area contributed by atoms with Gasteiger partial charge in [-0.1, -0.05) is 23.9 Å². The van der Waals surface area contributed by atoms with Crippen molar-refractivity contribution in [3.05, 3.63) is 69.6 Å². The monoisotopic (exact) mass is 515 g/mol. The Hall–Kier alpha value is -2.85. The minimum absolute atomic E-state index is 0.283. The van der Waals surface area contributed by atoms with E-state index >= 15 is 0 Å². The lowest BCUT2D eigenvalue weighted by Gasteiger charge is -2.28. The maximum absolute atomic E-state index is 12.9. The Balaban J connectivity index is 1.73. The van der Waals surface area contributed by atoms with Crippen LogP contribution in [0, 0.1) is 0 Å². The Labute approximate surface area is 198 Å². The first-order valence-corrected chi connectivity index (χ1v) is 11.8. The molecule has 3 aromatic rings. The quantitative estimate of drug-likeness (QED) is 0.360. The molecule has 0 fully saturated rings. The van der Waals surface area contributed by atoms with Crippen LogP contribution in [0.2, 0.25) is 0 Å². The second-order valence-electron chi connectivity index (χ2n) is 6.99. The third-order valence-electron chi connectivity index (χ3n) is 4.91. The van der Waals surface area contributed by atoms with Crippen LogP contribution in [0.3, 0.4) is 0 Å². The average molecular weight is 516 g/mol. The van der Waals surface area contributed by atoms with E-state index in [1.54, 1.807) is 24.9 Å². The Bertz CT molecular complexity index is 1170. The van der Waals surface area contributed by atoms with Crippen LogP contribution in [0.5, 0.6) is 5.75 Å². The normalized spacial score (nSPS) is 15.2. The van der Waals surface area contributed by atoms with E-state index in [1.165, 1.54) is 11.8 Å². The Morgan fingerprint density at radius 2 is 2.19 bits per heavy atom. The van der Waals surface area contributed by atoms with Gasteiger partial charge < -0.3 is 14.8 Å². The smallest absolute Gasteiger partial charge is 0.338 e. The lowest BCUT2D eigenvalue weighted by Crippen LogP contribution is -2.29. The molecule has 1 atom stereocenters. The first-order chi connectivity index (χ1) is 15.5. The summed E-state index contributed by atoms with van der Waals surface area (Å²) in [7, 11) is 1.61. The van der Waals surface area contributed by atoms with Crippen molar-refractivity contribution in [2.24, 2.45) is 0 Å². The van der Waals surface area contributed by atoms with E-state index in [0.717, 1.165) is 15.6 Å². The minimum atomic E-state index is -0.493. The van der Waals surface area contributed by atoms with Gasteiger partial charge in [0.1, 0.15) is 11.8 Å². The lowest BCUT2D eigenvalue weighted by molar-refractivity contribution is -0.139. The molecule has 0 amide bonds. The van der Waals surface area contributed by atoms with E-state index in [9.17, 15) is 4.79 Å². The topological polar surface area (TPSA) is 91.2 Å². The largest absolute Gasteiger partial charge is 0.496 e. The van der Waals surface area contributed by atoms with Crippen molar-refractivity contribution in [1.29, 1.82) is 0 Å². The van der Waals surface area contributed by atoms with Crippen molar-refractivity contribution in [1.82, 2.24) is 19.7 Å². The van der Waals surface area contributed by atoms with Gasteiger partial charge in [0.25, 0.3) is 0 Å². The molecule has 1 unspecified atom stereocenters. The highest BCUT2D eigenvalue weighted by Gasteiger charge is 2.35. The van der Waals surface area contributed by atoms with Gasteiger partial charge in [-0.3, -0.25) is 4.98 Å². The van der Waals surface area contributed by atoms with Gasteiger partial charge in [-0.15, -0.1) is 5.10 Å². The predicted octanol–water partition coefficient (Wildman–Crippen LogP) is 4.59. The third kappa shape index (κ3) is 4.51. The number of thioether (sulfide) groups is 1. The number of anilines is 1. The summed E-state index contributed by atoms with van der Waals surface area (Å²) in [5.74, 6) is 1.57. The molecule has 1 N–H and O–H groups in total. The summed E-state index contributed by atoms with van der Waals surface area (Å²) in [6.45, 7) is 3.92. The summed E-state index contributed by atoms with van der Waals surface area (Å²) in [6.07, 6.45) is 3.57. The molecule has 0 saturated carbocycles. The van der Waals surface area contributed by atoms with Crippen molar-refractivity contribution >= 4 is 39.6 Å². The van der Waals surface area contributed by atoms with Crippen LogP contribution in [0.1, 0.15) is 31.0 Å². The zero-order valence-electron chi connectivity index (χ0n) is 17.8. The highest BCUT2D eigenvalue weighted by Crippen LogP contribution is 2.39. The van der Waals surface area contributed by atoms with Crippen LogP contribution in [-0.2, 0) is 15.3 Å². The van der Waals surface area contributed by atoms with Crippen LogP contribution in [-0.4, -0.2) is 39.4 Å². The molecule has 0 spiro atoms. The first kappa shape index (κ1) is 22.3. The Kier molecular flexibility index (Phi) is 6.80. The Morgan fingerprint density at radius 3 is 2.88 bits per heavy atom. The van der Waals surface area contributed by atoms with Crippen molar-refractivity contribution in [3.63, 3.8) is 0 Å². The van der Waals surface area contributed by atoms with E-state index in [0.29, 0.717) is 33.9 Å². The van der Waals surface area contributed by atoms with Crippen LogP contribution in [0.4, 0.5) is 5.95 Å². The molecular formula is C22H22BrN5O3S. The van der Waals surface area contributed by atoms with Crippen molar-refractivity contribution in [2.75, 3.05) is 19.0 Å². The number of esters is 1. The van der Waals surface area contributed by atoms with Gasteiger partial charge in [-0.2, -0.15) is 4.98 Å². The second kappa shape index (κ2) is 9.74. The molecule has 8 nitrogen and oxygen atoms in total. The second-order valence-corrected chi connectivity index (χ2v) is 8.79. The van der Waals surface area contributed by atoms with Crippen LogP contribution in [0.25, 0.3) is 0 Å². The number of pyridine rings is 1. The maximum Gasteiger partial charge on any atom is 0.338 e. The minimum Gasteiger partial charge on any atom is -0.496 e. The molecule has 1 aliphatic rings.